The molecule has 0 saturated heterocycles. The van der Waals surface area contributed by atoms with E-state index >= 15 is 0 Å². The van der Waals surface area contributed by atoms with Gasteiger partial charge in [-0.1, -0.05) is 54.6 Å². The maximum atomic E-state index is 11.8. The van der Waals surface area contributed by atoms with Crippen LogP contribution in [0.25, 0.3) is 33.1 Å². The molecule has 1 amide bonds. The molecule has 6 N–H and O–H groups in total. The number of aryl methyl sites for hydroxylation is 3. The third-order valence-corrected chi connectivity index (χ3v) is 12.7. The molecule has 3 aliphatic rings. The molecule has 0 saturated carbocycles. The van der Waals surface area contributed by atoms with Crippen molar-refractivity contribution in [3.8, 4) is 0 Å². The number of carbonyl (C=O) groups is 3. The highest BCUT2D eigenvalue weighted by molar-refractivity contribution is 9.10. The second-order valence-electron chi connectivity index (χ2n) is 16.7. The fourth-order valence-corrected chi connectivity index (χ4v) is 9.21. The molecule has 16 nitrogen and oxygen atoms in total. The molecule has 70 heavy (non-hydrogen) atoms. The van der Waals surface area contributed by atoms with Crippen molar-refractivity contribution in [2.24, 2.45) is 0 Å². The van der Waals surface area contributed by atoms with Crippen molar-refractivity contribution in [3.63, 3.8) is 0 Å². The number of amides is 1. The number of hydrogen-bond donors (Lipinski definition) is 6. The molecule has 0 fully saturated rings. The Kier molecular flexibility index (Phi) is 14.5. The van der Waals surface area contributed by atoms with Crippen molar-refractivity contribution < 1.29 is 29.1 Å². The Morgan fingerprint density at radius 2 is 1.03 bits per heavy atom. The van der Waals surface area contributed by atoms with Crippen LogP contribution in [0.3, 0.4) is 0 Å². The van der Waals surface area contributed by atoms with Gasteiger partial charge in [-0.25, -0.2) is 30.0 Å². The van der Waals surface area contributed by atoms with Crippen LogP contribution in [0.4, 0.5) is 29.0 Å². The molecule has 0 unspecified atom stereocenters. The van der Waals surface area contributed by atoms with E-state index in [0.717, 1.165) is 125 Å². The van der Waals surface area contributed by atoms with Crippen LogP contribution < -0.4 is 20.6 Å². The summed E-state index contributed by atoms with van der Waals surface area (Å²) in [5.41, 5.74) is 15.9. The molecule has 3 aromatic heterocycles. The van der Waals surface area contributed by atoms with Gasteiger partial charge in [0, 0.05) is 42.3 Å². The highest BCUT2D eigenvalue weighted by Crippen LogP contribution is 2.35. The third kappa shape index (κ3) is 10.5. The summed E-state index contributed by atoms with van der Waals surface area (Å²) in [5, 5.41) is 12.1. The zero-order valence-corrected chi connectivity index (χ0v) is 40.2. The minimum atomic E-state index is -0.511. The predicted octanol–water partition coefficient (Wildman–Crippen LogP) is 10.4. The normalized spacial score (nSPS) is 13.4. The molecular formula is C53H51BrN10O6. The number of ether oxygens (including phenoxy) is 2. The van der Waals surface area contributed by atoms with Crippen LogP contribution in [0, 0.1) is 0 Å². The molecule has 0 aliphatic carbocycles. The van der Waals surface area contributed by atoms with Gasteiger partial charge in [0.25, 0.3) is 5.91 Å². The number of fused-ring (bicyclic) bond motifs is 6. The molecule has 12 rings (SSSR count). The van der Waals surface area contributed by atoms with E-state index in [-0.39, 0.29) is 11.9 Å². The number of hydrogen-bond acceptors (Lipinski definition) is 12. The molecule has 17 heteroatoms. The van der Waals surface area contributed by atoms with E-state index in [1.54, 1.807) is 17.6 Å². The summed E-state index contributed by atoms with van der Waals surface area (Å²) in [6, 6.07) is 40.6. The summed E-state index contributed by atoms with van der Waals surface area (Å²) >= 11 is 3.26. The van der Waals surface area contributed by atoms with E-state index in [1.807, 2.05) is 115 Å². The van der Waals surface area contributed by atoms with Crippen molar-refractivity contribution in [2.75, 3.05) is 49.0 Å². The lowest BCUT2D eigenvalue weighted by molar-refractivity contribution is 0.0592. The summed E-state index contributed by atoms with van der Waals surface area (Å²) in [6.07, 6.45) is 6.30. The Bertz CT molecular complexity index is 3080. The SMILES string of the molecule is Brc1nc2ccccc2[nH]1.COC(=O)c1ccc2c(c1)N(c1nc3ccccc3[nH]1)CCC2.COC(=O)c1ccc2c(c1)NCCC2.O=C(NO)c1ccc2c(c1)N(c1nc3ccccc3[nH]1)CCC2. The van der Waals surface area contributed by atoms with Gasteiger partial charge in [0.05, 0.1) is 58.4 Å². The standard InChI is InChI=1S/C18H17N3O2.C17H16N4O2.C11H13NO2.C7H5BrN2/c1-23-17(22)13-9-8-12-5-4-10-21(16(12)11-13)18-19-14-6-2-3-7-15(14)20-18;22-16(20-23)12-8-7-11-4-3-9-21(15(11)10-12)17-18-13-5-1-2-6-14(13)19-17;1-14-11(13)9-5-4-8-3-2-6-12-10(8)7-9;8-7-9-5-3-1-2-4-6(5)10-7/h2-3,6-9,11H,4-5,10H2,1H3,(H,19,20);1-2,5-8,10,23H,3-4,9H2,(H,18,19)(H,20,22);4-5,7,12H,2-3,6H2,1H3;1-4H,(H,9,10). The number of methoxy groups -OCH3 is 2. The molecule has 6 heterocycles. The van der Waals surface area contributed by atoms with E-state index in [4.69, 9.17) is 9.94 Å². The number of rotatable bonds is 5. The first kappa shape index (κ1) is 47.1. The second-order valence-corrected chi connectivity index (χ2v) is 17.5. The molecule has 0 atom stereocenters. The first-order chi connectivity index (χ1) is 34.2. The third-order valence-electron chi connectivity index (χ3n) is 12.3. The van der Waals surface area contributed by atoms with Gasteiger partial charge < -0.3 is 39.5 Å². The quantitative estimate of drug-likeness (QED) is 0.0541. The number of nitrogens with one attached hydrogen (secondary N) is 5. The first-order valence-electron chi connectivity index (χ1n) is 23.0. The Hall–Kier alpha value is -8.02. The topological polar surface area (TPSA) is 206 Å². The number of anilines is 5. The molecule has 6 aromatic carbocycles. The van der Waals surface area contributed by atoms with E-state index in [1.165, 1.54) is 30.9 Å². The fourth-order valence-electron chi connectivity index (χ4n) is 8.80. The minimum Gasteiger partial charge on any atom is -0.465 e. The average Bonchev–Trinajstić information content (AvgIpc) is 4.16. The highest BCUT2D eigenvalue weighted by atomic mass is 79.9. The van der Waals surface area contributed by atoms with E-state index in [2.05, 4.69) is 65.7 Å². The van der Waals surface area contributed by atoms with Gasteiger partial charge in [0.1, 0.15) is 0 Å². The van der Waals surface area contributed by atoms with Crippen LogP contribution in [0.15, 0.2) is 132 Å². The van der Waals surface area contributed by atoms with E-state index in [9.17, 15) is 14.4 Å². The largest absolute Gasteiger partial charge is 0.465 e. The molecule has 0 spiro atoms. The molecule has 0 radical (unpaired) electrons. The molecular weight excluding hydrogens is 953 g/mol. The summed E-state index contributed by atoms with van der Waals surface area (Å²) in [7, 11) is 2.80. The maximum Gasteiger partial charge on any atom is 0.337 e. The number of H-pyrrole nitrogens is 3. The Morgan fingerprint density at radius 3 is 1.54 bits per heavy atom. The zero-order chi connectivity index (χ0) is 48.6. The van der Waals surface area contributed by atoms with Gasteiger partial charge >= 0.3 is 11.9 Å². The van der Waals surface area contributed by atoms with Gasteiger partial charge in [0.15, 0.2) is 4.73 Å². The number of carbonyl (C=O) groups excluding carboxylic acids is 3. The van der Waals surface area contributed by atoms with Crippen LogP contribution in [0.1, 0.15) is 67.0 Å². The van der Waals surface area contributed by atoms with Gasteiger partial charge in [-0.15, -0.1) is 0 Å². The fraction of sp³-hybridized carbons (Fsp3) is 0.208. The van der Waals surface area contributed by atoms with E-state index in [0.29, 0.717) is 16.7 Å². The Balaban J connectivity index is 0.000000121. The second kappa shape index (κ2) is 21.5. The number of imidazole rings is 3. The van der Waals surface area contributed by atoms with Crippen LogP contribution in [-0.4, -0.2) is 86.8 Å². The highest BCUT2D eigenvalue weighted by Gasteiger charge is 2.24. The van der Waals surface area contributed by atoms with Crippen LogP contribution in [0.5, 0.6) is 0 Å². The number of aromatic nitrogens is 6. The van der Waals surface area contributed by atoms with Crippen LogP contribution in [0.2, 0.25) is 0 Å². The van der Waals surface area contributed by atoms with Crippen molar-refractivity contribution in [1.82, 2.24) is 35.4 Å². The summed E-state index contributed by atoms with van der Waals surface area (Å²) in [5.74, 6) is 0.480. The van der Waals surface area contributed by atoms with Crippen molar-refractivity contribution >= 4 is 95.8 Å². The van der Waals surface area contributed by atoms with Crippen LogP contribution in [-0.2, 0) is 28.7 Å². The minimum absolute atomic E-state index is 0.278. The van der Waals surface area contributed by atoms with E-state index < -0.39 is 5.91 Å². The molecule has 0 bridgehead atoms. The summed E-state index contributed by atoms with van der Waals surface area (Å²) in [4.78, 5) is 62.3. The lowest BCUT2D eigenvalue weighted by Crippen LogP contribution is -2.26. The zero-order valence-electron chi connectivity index (χ0n) is 38.6. The smallest absolute Gasteiger partial charge is 0.337 e. The lowest BCUT2D eigenvalue weighted by Gasteiger charge is -2.29. The monoisotopic (exact) mass is 1000 g/mol. The number of para-hydroxylation sites is 6. The molecule has 356 valence electrons. The number of halogens is 1. The number of aromatic amines is 3. The number of benzene rings is 6. The summed E-state index contributed by atoms with van der Waals surface area (Å²) in [6.45, 7) is 2.69. The average molecular weight is 1000 g/mol. The van der Waals surface area contributed by atoms with Crippen molar-refractivity contribution in [1.29, 1.82) is 0 Å². The van der Waals surface area contributed by atoms with Gasteiger partial charge in [0.2, 0.25) is 11.9 Å². The lowest BCUT2D eigenvalue weighted by atomic mass is 9.99. The van der Waals surface area contributed by atoms with Crippen LogP contribution >= 0.6 is 15.9 Å². The number of esters is 2. The Morgan fingerprint density at radius 1 is 0.571 bits per heavy atom. The number of hydroxylamine groups is 1. The Labute approximate surface area is 411 Å². The van der Waals surface area contributed by atoms with Gasteiger partial charge in [-0.05, 0) is 144 Å². The van der Waals surface area contributed by atoms with Gasteiger partial charge in [-0.2, -0.15) is 0 Å². The molecule has 3 aliphatic heterocycles. The maximum absolute atomic E-state index is 11.8. The summed E-state index contributed by atoms with van der Waals surface area (Å²) < 4.78 is 10.3. The van der Waals surface area contributed by atoms with Gasteiger partial charge in [-0.3, -0.25) is 10.0 Å². The van der Waals surface area contributed by atoms with Crippen molar-refractivity contribution in [3.05, 3.63) is 166 Å². The predicted molar refractivity (Wildman–Crippen MR) is 275 cm³/mol. The first-order valence-corrected chi connectivity index (χ1v) is 23.8. The molecule has 9 aromatic rings. The number of nitrogens with zero attached hydrogens (tertiary/aromatic N) is 5. The van der Waals surface area contributed by atoms with Crippen molar-refractivity contribution in [2.45, 2.75) is 38.5 Å².